The van der Waals surface area contributed by atoms with E-state index in [0.29, 0.717) is 11.2 Å². The van der Waals surface area contributed by atoms with E-state index in [0.717, 1.165) is 17.0 Å². The second kappa shape index (κ2) is 5.34. The monoisotopic (exact) mass is 322 g/mol. The number of imidazole rings is 1. The molecule has 0 radical (unpaired) electrons. The number of rotatable bonds is 3. The Bertz CT molecular complexity index is 1120. The van der Waals surface area contributed by atoms with Crippen LogP contribution in [0.3, 0.4) is 0 Å². The largest absolute Gasteiger partial charge is 0.347 e. The average Bonchev–Trinajstić information content (AvgIpc) is 3.17. The molecule has 0 saturated heterocycles. The summed E-state index contributed by atoms with van der Waals surface area (Å²) in [7, 11) is 0. The Kier molecular flexibility index (Phi) is 3.16. The van der Waals surface area contributed by atoms with Gasteiger partial charge in [-0.3, -0.25) is 4.79 Å². The average molecular weight is 322 g/mol. The lowest BCUT2D eigenvalue weighted by Crippen LogP contribution is -2.24. The van der Waals surface area contributed by atoms with Gasteiger partial charge in [0.05, 0.1) is 17.8 Å². The first kappa shape index (κ1) is 14.2. The van der Waals surface area contributed by atoms with E-state index < -0.39 is 0 Å². The maximum Gasteiger partial charge on any atom is 0.347 e. The fourth-order valence-corrected chi connectivity index (χ4v) is 2.66. The van der Waals surface area contributed by atoms with Crippen LogP contribution >= 0.6 is 0 Å². The quantitative estimate of drug-likeness (QED) is 0.586. The summed E-state index contributed by atoms with van der Waals surface area (Å²) in [6.07, 6.45) is 3.45. The first-order chi connectivity index (χ1) is 11.6. The van der Waals surface area contributed by atoms with E-state index in [9.17, 15) is 9.59 Å². The second-order valence-electron chi connectivity index (χ2n) is 5.45. The molecule has 0 saturated carbocycles. The Morgan fingerprint density at radius 2 is 2.12 bits per heavy atom. The van der Waals surface area contributed by atoms with Gasteiger partial charge in [0, 0.05) is 18.1 Å². The van der Waals surface area contributed by atoms with Crippen LogP contribution in [-0.4, -0.2) is 29.9 Å². The van der Waals surface area contributed by atoms with Gasteiger partial charge >= 0.3 is 5.69 Å². The molecule has 8 heteroatoms. The van der Waals surface area contributed by atoms with Crippen LogP contribution in [0.5, 0.6) is 0 Å². The molecule has 120 valence electrons. The van der Waals surface area contributed by atoms with Gasteiger partial charge in [0.1, 0.15) is 5.65 Å². The van der Waals surface area contributed by atoms with Crippen molar-refractivity contribution in [3.63, 3.8) is 0 Å². The highest BCUT2D eigenvalue weighted by Gasteiger charge is 2.13. The van der Waals surface area contributed by atoms with Crippen LogP contribution in [0.15, 0.2) is 47.5 Å². The van der Waals surface area contributed by atoms with E-state index in [2.05, 4.69) is 20.5 Å². The molecule has 24 heavy (non-hydrogen) atoms. The number of pyridine rings is 2. The minimum Gasteiger partial charge on any atom is -0.346 e. The SMILES string of the molecule is Cc1cccc2nc(CNC(=O)c3cccn4c(=O)[nH]nc34)cn12. The number of aryl methyl sites for hydroxylation is 1. The van der Waals surface area contributed by atoms with E-state index in [1.54, 1.807) is 18.3 Å². The molecule has 0 aliphatic carbocycles. The van der Waals surface area contributed by atoms with Crippen molar-refractivity contribution in [2.75, 3.05) is 0 Å². The molecular formula is C16H14N6O2. The van der Waals surface area contributed by atoms with E-state index in [1.165, 1.54) is 4.40 Å². The van der Waals surface area contributed by atoms with Crippen molar-refractivity contribution in [3.8, 4) is 0 Å². The predicted octanol–water partition coefficient (Wildman–Crippen LogP) is 0.909. The zero-order valence-electron chi connectivity index (χ0n) is 12.9. The summed E-state index contributed by atoms with van der Waals surface area (Å²) in [4.78, 5) is 28.4. The fourth-order valence-electron chi connectivity index (χ4n) is 2.66. The highest BCUT2D eigenvalue weighted by molar-refractivity contribution is 5.99. The number of H-pyrrole nitrogens is 1. The molecule has 1 amide bonds. The van der Waals surface area contributed by atoms with E-state index in [1.807, 2.05) is 35.7 Å². The lowest BCUT2D eigenvalue weighted by atomic mass is 10.2. The number of hydrogen-bond donors (Lipinski definition) is 2. The first-order valence-electron chi connectivity index (χ1n) is 7.41. The van der Waals surface area contributed by atoms with Crippen molar-refractivity contribution in [2.24, 2.45) is 0 Å². The number of carbonyl (C=O) groups is 1. The lowest BCUT2D eigenvalue weighted by Gasteiger charge is -2.03. The number of aromatic amines is 1. The molecule has 4 heterocycles. The molecule has 0 aromatic carbocycles. The van der Waals surface area contributed by atoms with Gasteiger partial charge in [-0.2, -0.15) is 5.10 Å². The summed E-state index contributed by atoms with van der Waals surface area (Å²) < 4.78 is 3.26. The normalized spacial score (nSPS) is 11.2. The van der Waals surface area contributed by atoms with Crippen LogP contribution in [0, 0.1) is 6.92 Å². The van der Waals surface area contributed by atoms with Gasteiger partial charge in [-0.05, 0) is 31.2 Å². The number of nitrogens with one attached hydrogen (secondary N) is 2. The molecule has 4 rings (SSSR count). The highest BCUT2D eigenvalue weighted by atomic mass is 16.2. The summed E-state index contributed by atoms with van der Waals surface area (Å²) >= 11 is 0. The van der Waals surface area contributed by atoms with Crippen LogP contribution in [0.1, 0.15) is 21.7 Å². The Hall–Kier alpha value is -3.42. The Labute approximate surface area is 135 Å². The molecule has 0 bridgehead atoms. The molecular weight excluding hydrogens is 308 g/mol. The summed E-state index contributed by atoms with van der Waals surface area (Å²) in [6.45, 7) is 2.28. The smallest absolute Gasteiger partial charge is 0.346 e. The molecule has 0 fully saturated rings. The molecule has 4 aromatic rings. The third kappa shape index (κ3) is 2.24. The maximum absolute atomic E-state index is 12.4. The minimum atomic E-state index is -0.379. The zero-order valence-corrected chi connectivity index (χ0v) is 12.9. The van der Waals surface area contributed by atoms with Crippen molar-refractivity contribution in [2.45, 2.75) is 13.5 Å². The molecule has 2 N–H and O–H groups in total. The standard InChI is InChI=1S/C16H14N6O2/c1-10-4-2-6-13-18-11(9-22(10)13)8-17-15(23)12-5-3-7-21-14(12)19-20-16(21)24/h2-7,9H,8H2,1H3,(H,17,23)(H,20,24). The number of nitrogens with zero attached hydrogens (tertiary/aromatic N) is 4. The molecule has 0 aliphatic rings. The van der Waals surface area contributed by atoms with Gasteiger partial charge in [-0.1, -0.05) is 6.07 Å². The molecule has 0 atom stereocenters. The van der Waals surface area contributed by atoms with Crippen molar-refractivity contribution in [1.29, 1.82) is 0 Å². The third-order valence-electron chi connectivity index (χ3n) is 3.86. The molecule has 0 spiro atoms. The molecule has 0 unspecified atom stereocenters. The number of fused-ring (bicyclic) bond motifs is 2. The Balaban J connectivity index is 1.59. The van der Waals surface area contributed by atoms with Crippen molar-refractivity contribution in [1.82, 2.24) is 29.3 Å². The second-order valence-corrected chi connectivity index (χ2v) is 5.45. The van der Waals surface area contributed by atoms with E-state index >= 15 is 0 Å². The summed E-state index contributed by atoms with van der Waals surface area (Å²) in [6, 6.07) is 9.10. The van der Waals surface area contributed by atoms with Crippen molar-refractivity contribution < 1.29 is 4.79 Å². The summed E-state index contributed by atoms with van der Waals surface area (Å²) in [5.74, 6) is -0.312. The van der Waals surface area contributed by atoms with Crippen LogP contribution in [0.2, 0.25) is 0 Å². The van der Waals surface area contributed by atoms with Gasteiger partial charge < -0.3 is 9.72 Å². The summed E-state index contributed by atoms with van der Waals surface area (Å²) in [5.41, 5.74) is 2.90. The van der Waals surface area contributed by atoms with Crippen LogP contribution in [-0.2, 0) is 6.54 Å². The molecule has 0 aliphatic heterocycles. The van der Waals surface area contributed by atoms with Gasteiger partial charge in [0.25, 0.3) is 5.91 Å². The number of aromatic nitrogens is 5. The first-order valence-corrected chi connectivity index (χ1v) is 7.41. The van der Waals surface area contributed by atoms with Gasteiger partial charge in [0.15, 0.2) is 5.65 Å². The molecule has 8 nitrogen and oxygen atoms in total. The lowest BCUT2D eigenvalue weighted by molar-refractivity contribution is 0.0951. The third-order valence-corrected chi connectivity index (χ3v) is 3.86. The predicted molar refractivity (Wildman–Crippen MR) is 86.9 cm³/mol. The van der Waals surface area contributed by atoms with Gasteiger partial charge in [0.2, 0.25) is 0 Å². The van der Waals surface area contributed by atoms with Crippen LogP contribution in [0.4, 0.5) is 0 Å². The minimum absolute atomic E-state index is 0.287. The number of amides is 1. The Morgan fingerprint density at radius 3 is 2.96 bits per heavy atom. The van der Waals surface area contributed by atoms with Gasteiger partial charge in [-0.25, -0.2) is 19.3 Å². The van der Waals surface area contributed by atoms with Gasteiger partial charge in [-0.15, -0.1) is 0 Å². The van der Waals surface area contributed by atoms with Crippen molar-refractivity contribution in [3.05, 3.63) is 70.2 Å². The topological polar surface area (TPSA) is 96.6 Å². The van der Waals surface area contributed by atoms with Crippen molar-refractivity contribution >= 4 is 17.2 Å². The fraction of sp³-hybridized carbons (Fsp3) is 0.125. The number of carbonyl (C=O) groups excluding carboxylic acids is 1. The maximum atomic E-state index is 12.4. The van der Waals surface area contributed by atoms with Crippen LogP contribution in [0.25, 0.3) is 11.3 Å². The van der Waals surface area contributed by atoms with E-state index in [-0.39, 0.29) is 18.1 Å². The summed E-state index contributed by atoms with van der Waals surface area (Å²) in [5, 5.41) is 9.03. The number of hydrogen-bond acceptors (Lipinski definition) is 4. The Morgan fingerprint density at radius 1 is 1.25 bits per heavy atom. The van der Waals surface area contributed by atoms with Crippen LogP contribution < -0.4 is 11.0 Å². The van der Waals surface area contributed by atoms with E-state index in [4.69, 9.17) is 0 Å². The zero-order chi connectivity index (χ0) is 16.7. The highest BCUT2D eigenvalue weighted by Crippen LogP contribution is 2.09. The molecule has 4 aromatic heterocycles.